The molecule has 8 nitrogen and oxygen atoms in total. The number of aromatic nitrogens is 4. The normalized spacial score (nSPS) is 19.4. The van der Waals surface area contributed by atoms with E-state index in [1.165, 1.54) is 0 Å². The van der Waals surface area contributed by atoms with Gasteiger partial charge in [0.2, 0.25) is 5.91 Å². The lowest BCUT2D eigenvalue weighted by Gasteiger charge is -2.38. The number of hydrogen-bond donors (Lipinski definition) is 2. The number of H-pyrrole nitrogens is 1. The number of nitrogens with two attached hydrogens (primary N) is 1. The van der Waals surface area contributed by atoms with Gasteiger partial charge in [-0.3, -0.25) is 9.59 Å². The summed E-state index contributed by atoms with van der Waals surface area (Å²) in [5.41, 5.74) is 6.40. The highest BCUT2D eigenvalue weighted by Gasteiger charge is 2.29. The average molecular weight is 393 g/mol. The lowest BCUT2D eigenvalue weighted by atomic mass is 9.92. The molecule has 0 radical (unpaired) electrons. The molecule has 2 aromatic rings. The molecule has 1 fully saturated rings. The second-order valence-corrected chi connectivity index (χ2v) is 6.83. The SMILES string of the molecule is Cc1nc(-c2ncccn2)[nH]c(=O)c1CC(=O)N1CCC(C)CC1CN.Cl. The zero-order chi connectivity index (χ0) is 18.7. The van der Waals surface area contributed by atoms with Crippen molar-refractivity contribution < 1.29 is 4.79 Å². The first-order valence-electron chi connectivity index (χ1n) is 8.86. The maximum Gasteiger partial charge on any atom is 0.255 e. The van der Waals surface area contributed by atoms with Crippen LogP contribution >= 0.6 is 12.4 Å². The van der Waals surface area contributed by atoms with Crippen LogP contribution in [0.25, 0.3) is 11.6 Å². The molecule has 3 N–H and O–H groups in total. The van der Waals surface area contributed by atoms with Gasteiger partial charge in [-0.1, -0.05) is 6.92 Å². The van der Waals surface area contributed by atoms with Crippen LogP contribution < -0.4 is 11.3 Å². The summed E-state index contributed by atoms with van der Waals surface area (Å²) in [4.78, 5) is 42.3. The minimum Gasteiger partial charge on any atom is -0.338 e. The third-order valence-electron chi connectivity index (χ3n) is 4.90. The monoisotopic (exact) mass is 392 g/mol. The Balaban J connectivity index is 0.00000261. The third kappa shape index (κ3) is 4.70. The molecule has 3 rings (SSSR count). The maximum atomic E-state index is 12.8. The van der Waals surface area contributed by atoms with Crippen LogP contribution in [0.15, 0.2) is 23.3 Å². The van der Waals surface area contributed by atoms with Crippen LogP contribution in [0.1, 0.15) is 31.0 Å². The van der Waals surface area contributed by atoms with Crippen molar-refractivity contribution in [1.29, 1.82) is 0 Å². The number of carbonyl (C=O) groups is 1. The van der Waals surface area contributed by atoms with E-state index < -0.39 is 0 Å². The first-order valence-corrected chi connectivity index (χ1v) is 8.86. The second kappa shape index (κ2) is 9.05. The van der Waals surface area contributed by atoms with E-state index in [0.29, 0.717) is 41.9 Å². The van der Waals surface area contributed by atoms with Crippen LogP contribution in [0, 0.1) is 12.8 Å². The Morgan fingerprint density at radius 2 is 2.07 bits per heavy atom. The minimum atomic E-state index is -0.331. The molecular formula is C18H25ClN6O2. The standard InChI is InChI=1S/C18H24N6O2.ClH/c1-11-4-7-24(13(8-11)10-19)15(25)9-14-12(2)22-17(23-18(14)26)16-20-5-3-6-21-16;/h3,5-6,11,13H,4,7-10,19H2,1-2H3,(H,22,23,26);1H. The molecule has 2 aromatic heterocycles. The summed E-state index contributed by atoms with van der Waals surface area (Å²) in [7, 11) is 0. The van der Waals surface area contributed by atoms with Crippen molar-refractivity contribution in [3.63, 3.8) is 0 Å². The van der Waals surface area contributed by atoms with Gasteiger partial charge < -0.3 is 15.6 Å². The van der Waals surface area contributed by atoms with E-state index in [9.17, 15) is 9.59 Å². The number of nitrogens with one attached hydrogen (secondary N) is 1. The zero-order valence-electron chi connectivity index (χ0n) is 15.5. The predicted octanol–water partition coefficient (Wildman–Crippen LogP) is 1.09. The number of likely N-dealkylation sites (tertiary alicyclic amines) is 1. The molecule has 1 amide bonds. The van der Waals surface area contributed by atoms with Crippen molar-refractivity contribution in [2.75, 3.05) is 13.1 Å². The fourth-order valence-corrected chi connectivity index (χ4v) is 3.40. The molecular weight excluding hydrogens is 368 g/mol. The van der Waals surface area contributed by atoms with Crippen molar-refractivity contribution in [1.82, 2.24) is 24.8 Å². The third-order valence-corrected chi connectivity index (χ3v) is 4.90. The van der Waals surface area contributed by atoms with Gasteiger partial charge in [0.15, 0.2) is 11.6 Å². The largest absolute Gasteiger partial charge is 0.338 e. The molecule has 0 bridgehead atoms. The highest BCUT2D eigenvalue weighted by atomic mass is 35.5. The molecule has 2 unspecified atom stereocenters. The van der Waals surface area contributed by atoms with Gasteiger partial charge in [0.05, 0.1) is 6.42 Å². The summed E-state index contributed by atoms with van der Waals surface area (Å²) < 4.78 is 0. The first-order chi connectivity index (χ1) is 12.5. The van der Waals surface area contributed by atoms with Gasteiger partial charge in [-0.05, 0) is 31.7 Å². The van der Waals surface area contributed by atoms with Gasteiger partial charge >= 0.3 is 0 Å². The molecule has 0 aliphatic carbocycles. The van der Waals surface area contributed by atoms with Crippen LogP contribution in [0.4, 0.5) is 0 Å². The summed E-state index contributed by atoms with van der Waals surface area (Å²) in [5.74, 6) is 1.13. The Labute approximate surface area is 164 Å². The fraction of sp³-hybridized carbons (Fsp3) is 0.500. The smallest absolute Gasteiger partial charge is 0.255 e. The molecule has 146 valence electrons. The van der Waals surface area contributed by atoms with Gasteiger partial charge in [-0.15, -0.1) is 12.4 Å². The molecule has 27 heavy (non-hydrogen) atoms. The summed E-state index contributed by atoms with van der Waals surface area (Å²) in [6.07, 6.45) is 5.05. The van der Waals surface area contributed by atoms with Gasteiger partial charge in [-0.25, -0.2) is 15.0 Å². The summed E-state index contributed by atoms with van der Waals surface area (Å²) >= 11 is 0. The zero-order valence-corrected chi connectivity index (χ0v) is 16.3. The number of hydrogen-bond acceptors (Lipinski definition) is 6. The van der Waals surface area contributed by atoms with E-state index >= 15 is 0 Å². The minimum absolute atomic E-state index is 0. The first kappa shape index (κ1) is 21.0. The predicted molar refractivity (Wildman–Crippen MR) is 105 cm³/mol. The Bertz CT molecular complexity index is 841. The number of amides is 1. The van der Waals surface area contributed by atoms with Crippen molar-refractivity contribution in [3.05, 3.63) is 40.1 Å². The van der Waals surface area contributed by atoms with Crippen molar-refractivity contribution in [2.45, 2.75) is 39.2 Å². The maximum absolute atomic E-state index is 12.8. The number of rotatable bonds is 4. The van der Waals surface area contributed by atoms with Crippen LogP contribution in [-0.4, -0.2) is 49.9 Å². The Hall–Kier alpha value is -2.32. The number of nitrogens with zero attached hydrogens (tertiary/aromatic N) is 4. The van der Waals surface area contributed by atoms with Crippen molar-refractivity contribution >= 4 is 18.3 Å². The highest BCUT2D eigenvalue weighted by Crippen LogP contribution is 2.22. The van der Waals surface area contributed by atoms with Crippen LogP contribution in [0.2, 0.25) is 0 Å². The van der Waals surface area contributed by atoms with Crippen LogP contribution in [0.5, 0.6) is 0 Å². The van der Waals surface area contributed by atoms with E-state index in [1.807, 2.05) is 4.90 Å². The Kier molecular flexibility index (Phi) is 7.04. The van der Waals surface area contributed by atoms with Gasteiger partial charge in [0.25, 0.3) is 5.56 Å². The number of aryl methyl sites for hydroxylation is 1. The molecule has 1 saturated heterocycles. The number of piperidine rings is 1. The molecule has 0 saturated carbocycles. The second-order valence-electron chi connectivity index (χ2n) is 6.83. The van der Waals surface area contributed by atoms with Crippen molar-refractivity contribution in [2.24, 2.45) is 11.7 Å². The highest BCUT2D eigenvalue weighted by molar-refractivity contribution is 5.85. The summed E-state index contributed by atoms with van der Waals surface area (Å²) in [6.45, 7) is 5.02. The van der Waals surface area contributed by atoms with Crippen molar-refractivity contribution in [3.8, 4) is 11.6 Å². The van der Waals surface area contributed by atoms with E-state index in [-0.39, 0.29) is 36.3 Å². The number of carbonyl (C=O) groups excluding carboxylic acids is 1. The number of halogens is 1. The van der Waals surface area contributed by atoms with E-state index in [1.54, 1.807) is 25.4 Å². The topological polar surface area (TPSA) is 118 Å². The Morgan fingerprint density at radius 3 is 2.70 bits per heavy atom. The van der Waals surface area contributed by atoms with E-state index in [0.717, 1.165) is 12.8 Å². The van der Waals surface area contributed by atoms with Gasteiger partial charge in [0.1, 0.15) is 0 Å². The summed E-state index contributed by atoms with van der Waals surface area (Å²) in [6, 6.07) is 1.73. The molecule has 9 heteroatoms. The molecule has 0 aromatic carbocycles. The molecule has 1 aliphatic heterocycles. The van der Waals surface area contributed by atoms with Gasteiger partial charge in [0, 0.05) is 42.8 Å². The molecule has 1 aliphatic rings. The van der Waals surface area contributed by atoms with E-state index in [4.69, 9.17) is 5.73 Å². The summed E-state index contributed by atoms with van der Waals surface area (Å²) in [5, 5.41) is 0. The van der Waals surface area contributed by atoms with E-state index in [2.05, 4.69) is 26.9 Å². The molecule has 2 atom stereocenters. The quantitative estimate of drug-likeness (QED) is 0.803. The number of aromatic amines is 1. The lowest BCUT2D eigenvalue weighted by Crippen LogP contribution is -2.50. The lowest BCUT2D eigenvalue weighted by molar-refractivity contribution is -0.134. The fourth-order valence-electron chi connectivity index (χ4n) is 3.40. The average Bonchev–Trinajstić information content (AvgIpc) is 2.64. The molecule has 3 heterocycles. The van der Waals surface area contributed by atoms with Crippen LogP contribution in [-0.2, 0) is 11.2 Å². The van der Waals surface area contributed by atoms with Gasteiger partial charge in [-0.2, -0.15) is 0 Å². The van der Waals surface area contributed by atoms with Crippen LogP contribution in [0.3, 0.4) is 0 Å². The Morgan fingerprint density at radius 1 is 1.37 bits per heavy atom. The molecule has 0 spiro atoms.